The van der Waals surface area contributed by atoms with Crippen LogP contribution < -0.4 is 0 Å². The van der Waals surface area contributed by atoms with E-state index in [1.165, 1.54) is 0 Å². The second-order valence-corrected chi connectivity index (χ2v) is 11.3. The van der Waals surface area contributed by atoms with E-state index in [0.29, 0.717) is 22.3 Å². The summed E-state index contributed by atoms with van der Waals surface area (Å²) in [5, 5.41) is 1.31. The zero-order valence-electron chi connectivity index (χ0n) is 33.9. The minimum atomic E-state index is -0.564. The van der Waals surface area contributed by atoms with E-state index in [4.69, 9.17) is 34.8 Å². The molecule has 0 saturated carbocycles. The third kappa shape index (κ3) is 4.29. The topological polar surface area (TPSA) is 65.0 Å². The van der Waals surface area contributed by atoms with Crippen molar-refractivity contribution in [2.75, 3.05) is 0 Å². The second-order valence-electron chi connectivity index (χ2n) is 11.3. The maximum Gasteiger partial charge on any atom is 0.164 e. The Labute approximate surface area is 287 Å². The molecule has 7 aromatic carbocycles. The molecule has 0 saturated heterocycles. The van der Waals surface area contributed by atoms with Crippen LogP contribution >= 0.6 is 0 Å². The highest BCUT2D eigenvalue weighted by Gasteiger charge is 2.17. The monoisotopic (exact) mass is 624 g/mol. The highest BCUT2D eigenvalue weighted by Crippen LogP contribution is 2.37. The van der Waals surface area contributed by atoms with Crippen LogP contribution in [0.15, 0.2) is 160 Å². The fraction of sp³-hybridized carbons (Fsp3) is 0. The van der Waals surface area contributed by atoms with Gasteiger partial charge < -0.3 is 8.83 Å². The first-order valence-electron chi connectivity index (χ1n) is 19.7. The minimum absolute atomic E-state index is 0.0735. The highest BCUT2D eigenvalue weighted by atomic mass is 16.3. The van der Waals surface area contributed by atoms with E-state index in [0.717, 1.165) is 21.9 Å². The Balaban J connectivity index is 1.21. The summed E-state index contributed by atoms with van der Waals surface area (Å²) >= 11 is 0. The van der Waals surface area contributed by atoms with Gasteiger partial charge in [-0.25, -0.2) is 15.0 Å². The number of benzene rings is 7. The Morgan fingerprint density at radius 2 is 1.06 bits per heavy atom. The molecule has 0 fully saturated rings. The van der Waals surface area contributed by atoms with Crippen molar-refractivity contribution >= 4 is 54.6 Å². The normalized spacial score (nSPS) is 14.4. The van der Waals surface area contributed by atoms with Gasteiger partial charge in [0.1, 0.15) is 22.3 Å². The fourth-order valence-electron chi connectivity index (χ4n) is 6.08. The van der Waals surface area contributed by atoms with Gasteiger partial charge in [-0.1, -0.05) is 103 Å². The molecule has 48 heavy (non-hydrogen) atoms. The summed E-state index contributed by atoms with van der Waals surface area (Å²) in [4.78, 5) is 14.3. The maximum absolute atomic E-state index is 9.49. The van der Waals surface area contributed by atoms with Crippen molar-refractivity contribution in [3.8, 4) is 45.3 Å². The van der Waals surface area contributed by atoms with Crippen molar-refractivity contribution in [3.05, 3.63) is 151 Å². The first-order valence-corrected chi connectivity index (χ1v) is 15.2. The van der Waals surface area contributed by atoms with Gasteiger partial charge in [0.05, 0.1) is 12.3 Å². The summed E-state index contributed by atoms with van der Waals surface area (Å²) in [6.07, 6.45) is 0. The summed E-state index contributed by atoms with van der Waals surface area (Å²) < 4.78 is 91.4. The van der Waals surface area contributed by atoms with Gasteiger partial charge >= 0.3 is 0 Å². The molecule has 5 heteroatoms. The lowest BCUT2D eigenvalue weighted by molar-refractivity contribution is 0.669. The Morgan fingerprint density at radius 1 is 0.417 bits per heavy atom. The number of hydrogen-bond acceptors (Lipinski definition) is 5. The van der Waals surface area contributed by atoms with Crippen LogP contribution in [0.5, 0.6) is 0 Å². The Morgan fingerprint density at radius 3 is 1.83 bits per heavy atom. The van der Waals surface area contributed by atoms with E-state index in [-0.39, 0.29) is 61.8 Å². The smallest absolute Gasteiger partial charge is 0.164 e. The van der Waals surface area contributed by atoms with Gasteiger partial charge in [0.2, 0.25) is 0 Å². The quantitative estimate of drug-likeness (QED) is 0.195. The zero-order valence-corrected chi connectivity index (χ0v) is 24.9. The van der Waals surface area contributed by atoms with Crippen LogP contribution in [-0.2, 0) is 0 Å². The fourth-order valence-corrected chi connectivity index (χ4v) is 6.08. The average molecular weight is 625 g/mol. The average Bonchev–Trinajstić information content (AvgIpc) is 3.82. The molecule has 0 N–H and O–H groups in total. The number of hydrogen-bond donors (Lipinski definition) is 0. The van der Waals surface area contributed by atoms with E-state index in [2.05, 4.69) is 6.07 Å². The van der Waals surface area contributed by atoms with Gasteiger partial charge in [-0.2, -0.15) is 0 Å². The van der Waals surface area contributed by atoms with E-state index >= 15 is 0 Å². The lowest BCUT2D eigenvalue weighted by Gasteiger charge is -2.08. The van der Waals surface area contributed by atoms with Gasteiger partial charge in [0, 0.05) is 43.6 Å². The van der Waals surface area contributed by atoms with Gasteiger partial charge in [0.25, 0.3) is 0 Å². The Bertz CT molecular complexity index is 3350. The molecule has 5 nitrogen and oxygen atoms in total. The van der Waals surface area contributed by atoms with Crippen LogP contribution in [-0.4, -0.2) is 15.0 Å². The van der Waals surface area contributed by atoms with E-state index in [1.54, 1.807) is 0 Å². The molecule has 3 aromatic heterocycles. The molecule has 10 aromatic rings. The van der Waals surface area contributed by atoms with Crippen molar-refractivity contribution < 1.29 is 21.2 Å². The molecule has 0 radical (unpaired) electrons. The Hall–Kier alpha value is -6.59. The molecule has 0 aliphatic heterocycles. The molecule has 0 aliphatic carbocycles. The van der Waals surface area contributed by atoms with Crippen LogP contribution in [0, 0.1) is 0 Å². The van der Waals surface area contributed by atoms with E-state index in [9.17, 15) is 1.37 Å². The molecule has 0 unspecified atom stereocenters. The van der Waals surface area contributed by atoms with Crippen LogP contribution in [0.3, 0.4) is 0 Å². The number of rotatable bonds is 4. The standard InChI is InChI=1S/C43H25N3O2/c1-3-9-26(10-4-1)29-16-19-33-34-20-17-31(25-39(34)47-38(33)24-29)43-45-41(28-12-5-2-6-13-28)44-42(46-43)30-18-22-37-36(23-30)35-21-15-27-11-7-8-14-32(27)40(35)48-37/h1-25H/i7D,8D,11D,14D,15D,18D,21D,22D,23D. The van der Waals surface area contributed by atoms with Crippen LogP contribution in [0.2, 0.25) is 0 Å². The van der Waals surface area contributed by atoms with E-state index < -0.39 is 48.3 Å². The summed E-state index contributed by atoms with van der Waals surface area (Å²) in [5.41, 5.74) is 4.02. The first kappa shape index (κ1) is 19.2. The maximum atomic E-state index is 9.49. The molecule has 0 amide bonds. The summed E-state index contributed by atoms with van der Waals surface area (Å²) in [5.74, 6) is 0.369. The predicted octanol–water partition coefficient (Wildman–Crippen LogP) is 11.5. The number of fused-ring (bicyclic) bond motifs is 8. The van der Waals surface area contributed by atoms with Crippen molar-refractivity contribution in [2.24, 2.45) is 0 Å². The molecule has 224 valence electrons. The number of furan rings is 2. The SMILES string of the molecule is [2H]c1c(-c2nc(-c3ccccc3)nc(-c3ccc4c(c3)oc3cc(-c5ccccc5)ccc34)n2)c([2H])c2c(oc3c4c([2H])c([2H])c([2H])c([2H])c4c([2H])c([2H])c32)c1[2H]. The molecular weight excluding hydrogens is 590 g/mol. The molecule has 3 heterocycles. The zero-order chi connectivity index (χ0) is 39.4. The number of aromatic nitrogens is 3. The van der Waals surface area contributed by atoms with Gasteiger partial charge in [-0.05, 0) is 64.9 Å². The number of nitrogens with zero attached hydrogens (tertiary/aromatic N) is 3. The lowest BCUT2D eigenvalue weighted by Crippen LogP contribution is -2.00. The second kappa shape index (κ2) is 10.5. The molecule has 0 atom stereocenters. The van der Waals surface area contributed by atoms with E-state index in [1.807, 2.05) is 91.0 Å². The third-order valence-electron chi connectivity index (χ3n) is 8.42. The van der Waals surface area contributed by atoms with Crippen molar-refractivity contribution in [1.82, 2.24) is 15.0 Å². The van der Waals surface area contributed by atoms with Crippen LogP contribution in [0.25, 0.3) is 99.9 Å². The molecule has 0 aliphatic rings. The van der Waals surface area contributed by atoms with Crippen LogP contribution in [0.4, 0.5) is 0 Å². The highest BCUT2D eigenvalue weighted by molar-refractivity contribution is 6.15. The van der Waals surface area contributed by atoms with Crippen molar-refractivity contribution in [1.29, 1.82) is 0 Å². The summed E-state index contributed by atoms with van der Waals surface area (Å²) in [7, 11) is 0. The lowest BCUT2D eigenvalue weighted by atomic mass is 10.0. The molecule has 0 bridgehead atoms. The van der Waals surface area contributed by atoms with Crippen molar-refractivity contribution in [3.63, 3.8) is 0 Å². The Kier molecular flexibility index (Phi) is 4.18. The predicted molar refractivity (Wildman–Crippen MR) is 194 cm³/mol. The molecular formula is C43H25N3O2. The summed E-state index contributed by atoms with van der Waals surface area (Å²) in [6, 6.07) is 26.6. The molecule has 10 rings (SSSR count). The first-order chi connectivity index (χ1) is 27.5. The van der Waals surface area contributed by atoms with Crippen LogP contribution in [0.1, 0.15) is 12.3 Å². The minimum Gasteiger partial charge on any atom is -0.456 e. The molecule has 0 spiro atoms. The largest absolute Gasteiger partial charge is 0.456 e. The van der Waals surface area contributed by atoms with Gasteiger partial charge in [-0.3, -0.25) is 0 Å². The van der Waals surface area contributed by atoms with Crippen molar-refractivity contribution in [2.45, 2.75) is 0 Å². The summed E-state index contributed by atoms with van der Waals surface area (Å²) in [6.45, 7) is 0. The van der Waals surface area contributed by atoms with Gasteiger partial charge in [-0.15, -0.1) is 0 Å². The van der Waals surface area contributed by atoms with Gasteiger partial charge in [0.15, 0.2) is 17.5 Å². The third-order valence-corrected chi connectivity index (χ3v) is 8.42.